The van der Waals surface area contributed by atoms with Crippen LogP contribution in [-0.2, 0) is 0 Å². The van der Waals surface area contributed by atoms with Crippen molar-refractivity contribution in [2.75, 3.05) is 32.7 Å². The molecule has 2 nitrogen and oxygen atoms in total. The van der Waals surface area contributed by atoms with E-state index < -0.39 is 0 Å². The molecule has 1 saturated heterocycles. The third-order valence-corrected chi connectivity index (χ3v) is 4.70. The number of piperidine rings is 1. The summed E-state index contributed by atoms with van der Waals surface area (Å²) in [6.07, 6.45) is 9.59. The molecule has 0 saturated carbocycles. The van der Waals surface area contributed by atoms with Crippen LogP contribution < -0.4 is 5.32 Å². The lowest BCUT2D eigenvalue weighted by Gasteiger charge is -2.30. The highest BCUT2D eigenvalue weighted by molar-refractivity contribution is 4.75. The Balaban J connectivity index is 2.23. The molecule has 0 aromatic heterocycles. The molecule has 0 aliphatic carbocycles. The number of hydrogen-bond donors (Lipinski definition) is 1. The maximum absolute atomic E-state index is 3.56. The van der Waals surface area contributed by atoms with E-state index in [1.54, 1.807) is 0 Å². The second-order valence-electron chi connectivity index (χ2n) is 6.42. The van der Waals surface area contributed by atoms with Crippen molar-refractivity contribution in [1.29, 1.82) is 0 Å². The lowest BCUT2D eigenvalue weighted by atomic mass is 9.85. The standard InChI is InChI=1S/C17H36N2/c1-4-6-12-19(13-7-5-2)14-10-16(3)17-9-8-11-18-15-17/h16-18H,4-15H2,1-3H3. The number of nitrogens with one attached hydrogen (secondary N) is 1. The summed E-state index contributed by atoms with van der Waals surface area (Å²) in [5.41, 5.74) is 0. The van der Waals surface area contributed by atoms with Crippen molar-refractivity contribution in [2.24, 2.45) is 11.8 Å². The largest absolute Gasteiger partial charge is 0.316 e. The predicted octanol–water partition coefficient (Wildman–Crippen LogP) is 3.91. The van der Waals surface area contributed by atoms with Crippen molar-refractivity contribution < 1.29 is 0 Å². The lowest BCUT2D eigenvalue weighted by molar-refractivity contribution is 0.208. The summed E-state index contributed by atoms with van der Waals surface area (Å²) in [5, 5.41) is 3.56. The van der Waals surface area contributed by atoms with Crippen molar-refractivity contribution in [3.63, 3.8) is 0 Å². The van der Waals surface area contributed by atoms with Gasteiger partial charge in [0.2, 0.25) is 0 Å². The van der Waals surface area contributed by atoms with E-state index in [0.717, 1.165) is 11.8 Å². The van der Waals surface area contributed by atoms with E-state index in [-0.39, 0.29) is 0 Å². The van der Waals surface area contributed by atoms with Crippen molar-refractivity contribution in [3.05, 3.63) is 0 Å². The van der Waals surface area contributed by atoms with E-state index in [1.807, 2.05) is 0 Å². The zero-order chi connectivity index (χ0) is 13.9. The van der Waals surface area contributed by atoms with Crippen LogP contribution in [0.2, 0.25) is 0 Å². The third kappa shape index (κ3) is 7.31. The molecule has 2 heteroatoms. The molecule has 2 unspecified atom stereocenters. The first-order valence-electron chi connectivity index (χ1n) is 8.71. The van der Waals surface area contributed by atoms with Gasteiger partial charge in [-0.2, -0.15) is 0 Å². The number of rotatable bonds is 10. The average Bonchev–Trinajstić information content (AvgIpc) is 2.47. The minimum Gasteiger partial charge on any atom is -0.316 e. The summed E-state index contributed by atoms with van der Waals surface area (Å²) in [6, 6.07) is 0. The van der Waals surface area contributed by atoms with E-state index in [4.69, 9.17) is 0 Å². The molecule has 1 aliphatic rings. The van der Waals surface area contributed by atoms with Gasteiger partial charge in [-0.1, -0.05) is 33.6 Å². The third-order valence-electron chi connectivity index (χ3n) is 4.70. The van der Waals surface area contributed by atoms with Gasteiger partial charge in [0, 0.05) is 0 Å². The topological polar surface area (TPSA) is 15.3 Å². The zero-order valence-electron chi connectivity index (χ0n) is 13.6. The molecule has 2 atom stereocenters. The Bertz CT molecular complexity index is 191. The van der Waals surface area contributed by atoms with Gasteiger partial charge in [0.1, 0.15) is 0 Å². The smallest absolute Gasteiger partial charge is 0.00161 e. The summed E-state index contributed by atoms with van der Waals surface area (Å²) in [7, 11) is 0. The lowest BCUT2D eigenvalue weighted by Crippen LogP contribution is -2.35. The van der Waals surface area contributed by atoms with E-state index in [2.05, 4.69) is 31.0 Å². The highest BCUT2D eigenvalue weighted by Crippen LogP contribution is 2.22. The Kier molecular flexibility index (Phi) is 9.54. The molecule has 114 valence electrons. The Morgan fingerprint density at radius 1 is 1.11 bits per heavy atom. The number of unbranched alkanes of at least 4 members (excludes halogenated alkanes) is 2. The van der Waals surface area contributed by atoms with Gasteiger partial charge in [-0.25, -0.2) is 0 Å². The Labute approximate surface area is 121 Å². The van der Waals surface area contributed by atoms with Gasteiger partial charge in [0.25, 0.3) is 0 Å². The molecule has 0 bridgehead atoms. The number of nitrogens with zero attached hydrogens (tertiary/aromatic N) is 1. The van der Waals surface area contributed by atoms with Gasteiger partial charge in [0.05, 0.1) is 0 Å². The van der Waals surface area contributed by atoms with Crippen LogP contribution in [0.25, 0.3) is 0 Å². The maximum Gasteiger partial charge on any atom is -0.00161 e. The van der Waals surface area contributed by atoms with Crippen LogP contribution in [0.1, 0.15) is 65.7 Å². The fourth-order valence-electron chi connectivity index (χ4n) is 3.09. The van der Waals surface area contributed by atoms with Crippen molar-refractivity contribution in [3.8, 4) is 0 Å². The second kappa shape index (κ2) is 10.7. The van der Waals surface area contributed by atoms with Gasteiger partial charge in [0.15, 0.2) is 0 Å². The Hall–Kier alpha value is -0.0800. The minimum absolute atomic E-state index is 0.888. The maximum atomic E-state index is 3.56. The summed E-state index contributed by atoms with van der Waals surface area (Å²) in [4.78, 5) is 2.71. The second-order valence-corrected chi connectivity index (χ2v) is 6.42. The van der Waals surface area contributed by atoms with Crippen LogP contribution >= 0.6 is 0 Å². The van der Waals surface area contributed by atoms with E-state index in [0.29, 0.717) is 0 Å². The first-order valence-corrected chi connectivity index (χ1v) is 8.71. The normalized spacial score (nSPS) is 21.8. The quantitative estimate of drug-likeness (QED) is 0.646. The van der Waals surface area contributed by atoms with Gasteiger partial charge in [-0.05, 0) is 76.7 Å². The molecule has 0 radical (unpaired) electrons. The average molecular weight is 268 g/mol. The number of hydrogen-bond acceptors (Lipinski definition) is 2. The van der Waals surface area contributed by atoms with E-state index in [1.165, 1.54) is 77.7 Å². The van der Waals surface area contributed by atoms with Crippen LogP contribution in [-0.4, -0.2) is 37.6 Å². The minimum atomic E-state index is 0.888. The van der Waals surface area contributed by atoms with Crippen molar-refractivity contribution in [2.45, 2.75) is 65.7 Å². The molecular formula is C17H36N2. The highest BCUT2D eigenvalue weighted by Gasteiger charge is 2.20. The molecule has 1 heterocycles. The van der Waals surface area contributed by atoms with Crippen LogP contribution in [0.15, 0.2) is 0 Å². The molecule has 1 rings (SSSR count). The molecule has 19 heavy (non-hydrogen) atoms. The zero-order valence-corrected chi connectivity index (χ0v) is 13.6. The van der Waals surface area contributed by atoms with Crippen LogP contribution in [0.5, 0.6) is 0 Å². The fraction of sp³-hybridized carbons (Fsp3) is 1.00. The SMILES string of the molecule is CCCCN(CCCC)CCC(C)C1CCCNC1. The van der Waals surface area contributed by atoms with Crippen LogP contribution in [0.4, 0.5) is 0 Å². The van der Waals surface area contributed by atoms with Crippen LogP contribution in [0.3, 0.4) is 0 Å². The van der Waals surface area contributed by atoms with E-state index in [9.17, 15) is 0 Å². The predicted molar refractivity (Wildman–Crippen MR) is 85.6 cm³/mol. The molecular weight excluding hydrogens is 232 g/mol. The highest BCUT2D eigenvalue weighted by atomic mass is 15.1. The monoisotopic (exact) mass is 268 g/mol. The Morgan fingerprint density at radius 3 is 2.32 bits per heavy atom. The molecule has 0 aromatic rings. The van der Waals surface area contributed by atoms with Crippen LogP contribution in [0, 0.1) is 11.8 Å². The summed E-state index contributed by atoms with van der Waals surface area (Å²) < 4.78 is 0. The Morgan fingerprint density at radius 2 is 1.79 bits per heavy atom. The molecule has 0 amide bonds. The first-order chi connectivity index (χ1) is 9.27. The van der Waals surface area contributed by atoms with Crippen molar-refractivity contribution in [1.82, 2.24) is 10.2 Å². The molecule has 0 aromatic carbocycles. The molecule has 1 fully saturated rings. The molecule has 1 aliphatic heterocycles. The van der Waals surface area contributed by atoms with E-state index >= 15 is 0 Å². The summed E-state index contributed by atoms with van der Waals surface area (Å²) in [5.74, 6) is 1.81. The van der Waals surface area contributed by atoms with Gasteiger partial charge in [-0.15, -0.1) is 0 Å². The van der Waals surface area contributed by atoms with Crippen molar-refractivity contribution >= 4 is 0 Å². The van der Waals surface area contributed by atoms with Gasteiger partial charge in [-0.3, -0.25) is 0 Å². The molecule has 0 spiro atoms. The fourth-order valence-corrected chi connectivity index (χ4v) is 3.09. The first kappa shape index (κ1) is 17.0. The van der Waals surface area contributed by atoms with Gasteiger partial charge >= 0.3 is 0 Å². The molecule has 1 N–H and O–H groups in total. The van der Waals surface area contributed by atoms with Gasteiger partial charge < -0.3 is 10.2 Å². The summed E-state index contributed by atoms with van der Waals surface area (Å²) >= 11 is 0. The summed E-state index contributed by atoms with van der Waals surface area (Å²) in [6.45, 7) is 13.5.